The molecule has 1 heterocycles. The molecule has 0 amide bonds. The Labute approximate surface area is 121 Å². The van der Waals surface area contributed by atoms with Crippen LogP contribution >= 0.6 is 0 Å². The maximum Gasteiger partial charge on any atom is 0.336 e. The number of carbonyl (C=O) groups is 1. The lowest BCUT2D eigenvalue weighted by molar-refractivity contribution is 0.0937. The van der Waals surface area contributed by atoms with Crippen LogP contribution in [0, 0.1) is 5.92 Å². The fourth-order valence-corrected chi connectivity index (χ4v) is 2.38. The van der Waals surface area contributed by atoms with Gasteiger partial charge in [0.25, 0.3) is 0 Å². The topological polar surface area (TPSA) is 87.7 Å². The molecule has 0 unspecified atom stereocenters. The molecule has 2 rings (SSSR count). The van der Waals surface area contributed by atoms with Crippen molar-refractivity contribution in [3.63, 3.8) is 0 Å². The highest BCUT2D eigenvalue weighted by molar-refractivity contribution is 6.11. The molecule has 0 aliphatic carbocycles. The average molecular weight is 290 g/mol. The summed E-state index contributed by atoms with van der Waals surface area (Å²) < 4.78 is 5.12. The first kappa shape index (κ1) is 15.1. The lowest BCUT2D eigenvalue weighted by atomic mass is 9.95. The van der Waals surface area contributed by atoms with E-state index in [2.05, 4.69) is 0 Å². The number of ketones is 1. The Balaban J connectivity index is 2.93. The maximum absolute atomic E-state index is 12.3. The summed E-state index contributed by atoms with van der Waals surface area (Å²) in [6.45, 7) is 5.32. The minimum atomic E-state index is -0.603. The molecule has 2 N–H and O–H groups in total. The molecule has 0 saturated carbocycles. The molecular formula is C16H18O5. The van der Waals surface area contributed by atoms with Crippen molar-refractivity contribution >= 4 is 16.8 Å². The van der Waals surface area contributed by atoms with Crippen LogP contribution in [0.3, 0.4) is 0 Å². The van der Waals surface area contributed by atoms with Crippen LogP contribution in [0.25, 0.3) is 11.0 Å². The van der Waals surface area contributed by atoms with Crippen LogP contribution in [-0.4, -0.2) is 16.0 Å². The van der Waals surface area contributed by atoms with Crippen molar-refractivity contribution in [1.82, 2.24) is 0 Å². The number of rotatable bonds is 4. The predicted octanol–water partition coefficient (Wildman–Crippen LogP) is 3.00. The standard InChI is InChI=1S/C16H18O5/c1-4-5-9-6-12(19)21-16-13(9)10(17)7-11(18)14(16)15(20)8(2)3/h6-8,17-18H,4-5H2,1-3H3. The SMILES string of the molecule is CCCc1cc(=O)oc2c(C(=O)C(C)C)c(O)cc(O)c12. The molecule has 0 aliphatic rings. The zero-order valence-corrected chi connectivity index (χ0v) is 12.3. The number of benzene rings is 1. The minimum absolute atomic E-state index is 0.0397. The molecule has 0 aliphatic heterocycles. The van der Waals surface area contributed by atoms with Crippen molar-refractivity contribution in [2.24, 2.45) is 5.92 Å². The van der Waals surface area contributed by atoms with Gasteiger partial charge in [-0.3, -0.25) is 4.79 Å². The van der Waals surface area contributed by atoms with Crippen molar-refractivity contribution in [3.8, 4) is 11.5 Å². The van der Waals surface area contributed by atoms with Gasteiger partial charge in [-0.05, 0) is 12.0 Å². The first-order valence-corrected chi connectivity index (χ1v) is 6.92. The van der Waals surface area contributed by atoms with Gasteiger partial charge in [-0.2, -0.15) is 0 Å². The summed E-state index contributed by atoms with van der Waals surface area (Å²) in [6, 6.07) is 2.43. The Kier molecular flexibility index (Phi) is 4.02. The van der Waals surface area contributed by atoms with Crippen LogP contribution in [0.1, 0.15) is 43.1 Å². The zero-order chi connectivity index (χ0) is 15.7. The monoisotopic (exact) mass is 290 g/mol. The van der Waals surface area contributed by atoms with Gasteiger partial charge in [0.15, 0.2) is 11.4 Å². The van der Waals surface area contributed by atoms with Gasteiger partial charge in [0, 0.05) is 18.1 Å². The average Bonchev–Trinajstić information content (AvgIpc) is 2.37. The highest BCUT2D eigenvalue weighted by Crippen LogP contribution is 2.37. The fraction of sp³-hybridized carbons (Fsp3) is 0.375. The third-order valence-electron chi connectivity index (χ3n) is 3.35. The number of phenols is 2. The Bertz CT molecular complexity index is 755. The quantitative estimate of drug-likeness (QED) is 0.667. The van der Waals surface area contributed by atoms with Crippen molar-refractivity contribution in [2.75, 3.05) is 0 Å². The number of fused-ring (bicyclic) bond motifs is 1. The second-order valence-electron chi connectivity index (χ2n) is 5.35. The summed E-state index contributed by atoms with van der Waals surface area (Å²) in [7, 11) is 0. The summed E-state index contributed by atoms with van der Waals surface area (Å²) in [5, 5.41) is 20.4. The third-order valence-corrected chi connectivity index (χ3v) is 3.35. The maximum atomic E-state index is 12.3. The molecule has 0 spiro atoms. The summed E-state index contributed by atoms with van der Waals surface area (Å²) >= 11 is 0. The summed E-state index contributed by atoms with van der Waals surface area (Å²) in [4.78, 5) is 24.0. The molecular weight excluding hydrogens is 272 g/mol. The first-order chi connectivity index (χ1) is 9.86. The summed E-state index contributed by atoms with van der Waals surface area (Å²) in [6.07, 6.45) is 1.34. The number of hydrogen-bond acceptors (Lipinski definition) is 5. The lowest BCUT2D eigenvalue weighted by Gasteiger charge is -2.12. The number of hydrogen-bond donors (Lipinski definition) is 2. The van der Waals surface area contributed by atoms with E-state index in [0.717, 1.165) is 12.5 Å². The van der Waals surface area contributed by atoms with Crippen molar-refractivity contribution in [3.05, 3.63) is 33.7 Å². The molecule has 21 heavy (non-hydrogen) atoms. The van der Waals surface area contributed by atoms with Gasteiger partial charge in [0.2, 0.25) is 0 Å². The van der Waals surface area contributed by atoms with Gasteiger partial charge in [0.05, 0.1) is 5.39 Å². The fourth-order valence-electron chi connectivity index (χ4n) is 2.38. The molecule has 1 aromatic heterocycles. The summed E-state index contributed by atoms with van der Waals surface area (Å²) in [5.74, 6) is -1.29. The Morgan fingerprint density at radius 2 is 1.90 bits per heavy atom. The number of phenolic OH excluding ortho intramolecular Hbond substituents is 2. The second kappa shape index (κ2) is 5.60. The number of aromatic hydroxyl groups is 2. The van der Waals surface area contributed by atoms with E-state index >= 15 is 0 Å². The molecule has 112 valence electrons. The van der Waals surface area contributed by atoms with Gasteiger partial charge in [0.1, 0.15) is 17.1 Å². The minimum Gasteiger partial charge on any atom is -0.507 e. The first-order valence-electron chi connectivity index (χ1n) is 6.92. The molecule has 0 saturated heterocycles. The Morgan fingerprint density at radius 1 is 1.24 bits per heavy atom. The van der Waals surface area contributed by atoms with Crippen LogP contribution in [0.2, 0.25) is 0 Å². The highest BCUT2D eigenvalue weighted by atomic mass is 16.4. The normalized spacial score (nSPS) is 11.2. The predicted molar refractivity (Wildman–Crippen MR) is 79.0 cm³/mol. The third kappa shape index (κ3) is 2.63. The Hall–Kier alpha value is -2.30. The van der Waals surface area contributed by atoms with Crippen LogP contribution in [-0.2, 0) is 6.42 Å². The van der Waals surface area contributed by atoms with E-state index in [1.54, 1.807) is 13.8 Å². The molecule has 5 nitrogen and oxygen atoms in total. The van der Waals surface area contributed by atoms with Crippen molar-refractivity contribution in [1.29, 1.82) is 0 Å². The molecule has 0 bridgehead atoms. The molecule has 0 atom stereocenters. The van der Waals surface area contributed by atoms with Gasteiger partial charge >= 0.3 is 5.63 Å². The van der Waals surface area contributed by atoms with E-state index in [9.17, 15) is 19.8 Å². The van der Waals surface area contributed by atoms with Gasteiger partial charge in [-0.25, -0.2) is 4.79 Å². The van der Waals surface area contributed by atoms with Crippen LogP contribution in [0.15, 0.2) is 21.3 Å². The van der Waals surface area contributed by atoms with E-state index in [1.165, 1.54) is 6.07 Å². The smallest absolute Gasteiger partial charge is 0.336 e. The van der Waals surface area contributed by atoms with Crippen LogP contribution < -0.4 is 5.63 Å². The van der Waals surface area contributed by atoms with E-state index in [0.29, 0.717) is 17.4 Å². The van der Waals surface area contributed by atoms with Crippen LogP contribution in [0.5, 0.6) is 11.5 Å². The molecule has 0 fully saturated rings. The molecule has 2 aromatic rings. The van der Waals surface area contributed by atoms with E-state index in [1.807, 2.05) is 6.92 Å². The largest absolute Gasteiger partial charge is 0.507 e. The van der Waals surface area contributed by atoms with Gasteiger partial charge < -0.3 is 14.6 Å². The van der Waals surface area contributed by atoms with E-state index in [4.69, 9.17) is 4.42 Å². The van der Waals surface area contributed by atoms with E-state index < -0.39 is 5.63 Å². The number of Topliss-reactive ketones (excluding diaryl/α,β-unsaturated/α-hetero) is 1. The van der Waals surface area contributed by atoms with Gasteiger partial charge in [-0.1, -0.05) is 27.2 Å². The van der Waals surface area contributed by atoms with Crippen molar-refractivity contribution in [2.45, 2.75) is 33.6 Å². The van der Waals surface area contributed by atoms with Crippen LogP contribution in [0.4, 0.5) is 0 Å². The Morgan fingerprint density at radius 3 is 2.48 bits per heavy atom. The molecule has 0 radical (unpaired) electrons. The number of aryl methyl sites for hydroxylation is 1. The lowest BCUT2D eigenvalue weighted by Crippen LogP contribution is -2.11. The zero-order valence-electron chi connectivity index (χ0n) is 12.3. The molecule has 1 aromatic carbocycles. The highest BCUT2D eigenvalue weighted by Gasteiger charge is 2.24. The van der Waals surface area contributed by atoms with E-state index in [-0.39, 0.29) is 34.3 Å². The molecule has 5 heteroatoms. The second-order valence-corrected chi connectivity index (χ2v) is 5.35. The summed E-state index contributed by atoms with van der Waals surface area (Å²) in [5.41, 5.74) is -0.0807. The van der Waals surface area contributed by atoms with Gasteiger partial charge in [-0.15, -0.1) is 0 Å². The van der Waals surface area contributed by atoms with Crippen molar-refractivity contribution < 1.29 is 19.4 Å². The number of carbonyl (C=O) groups excluding carboxylic acids is 1.